The highest BCUT2D eigenvalue weighted by Crippen LogP contribution is 2.23. The van der Waals surface area contributed by atoms with Gasteiger partial charge in [-0.25, -0.2) is 8.42 Å². The highest BCUT2D eigenvalue weighted by atomic mass is 32.2. The van der Waals surface area contributed by atoms with Gasteiger partial charge in [-0.15, -0.1) is 0 Å². The molecule has 0 fully saturated rings. The van der Waals surface area contributed by atoms with Crippen LogP contribution >= 0.6 is 0 Å². The van der Waals surface area contributed by atoms with Crippen molar-refractivity contribution in [2.75, 3.05) is 23.7 Å². The van der Waals surface area contributed by atoms with Crippen LogP contribution in [0.3, 0.4) is 0 Å². The molecule has 0 spiro atoms. The molecule has 8 heteroatoms. The standard InChI is InChI=1S/C27H39N3O4S/c1-6-24(27(32)28-21(2)3)29(20-18-23-14-8-7-9-15-23)26(31)17-12-19-30(35(5,33)34)25-16-11-10-13-22(25)4/h7-11,13-16,21,24H,6,12,17-20H2,1-5H3,(H,28,32)/t24-/m1/s1. The summed E-state index contributed by atoms with van der Waals surface area (Å²) in [6, 6.07) is 16.6. The normalized spacial score (nSPS) is 12.3. The predicted molar refractivity (Wildman–Crippen MR) is 142 cm³/mol. The Morgan fingerprint density at radius 3 is 2.17 bits per heavy atom. The minimum Gasteiger partial charge on any atom is -0.352 e. The molecule has 192 valence electrons. The van der Waals surface area contributed by atoms with Crippen molar-refractivity contribution in [2.45, 2.75) is 65.5 Å². The van der Waals surface area contributed by atoms with Crippen molar-refractivity contribution < 1.29 is 18.0 Å². The minimum atomic E-state index is -3.51. The van der Waals surface area contributed by atoms with Crippen LogP contribution in [-0.2, 0) is 26.0 Å². The molecule has 1 N–H and O–H groups in total. The van der Waals surface area contributed by atoms with E-state index < -0.39 is 16.1 Å². The first-order valence-electron chi connectivity index (χ1n) is 12.2. The molecular formula is C27H39N3O4S. The largest absolute Gasteiger partial charge is 0.352 e. The fourth-order valence-electron chi connectivity index (χ4n) is 4.10. The van der Waals surface area contributed by atoms with E-state index in [0.29, 0.717) is 31.5 Å². The number of hydrogen-bond acceptors (Lipinski definition) is 4. The Balaban J connectivity index is 2.16. The van der Waals surface area contributed by atoms with Gasteiger partial charge in [0.1, 0.15) is 6.04 Å². The molecule has 0 aliphatic rings. The Morgan fingerprint density at radius 2 is 1.60 bits per heavy atom. The molecule has 1 atom stereocenters. The first-order chi connectivity index (χ1) is 16.5. The van der Waals surface area contributed by atoms with Gasteiger partial charge in [-0.05, 0) is 57.2 Å². The summed E-state index contributed by atoms with van der Waals surface area (Å²) < 4.78 is 26.3. The van der Waals surface area contributed by atoms with Crippen molar-refractivity contribution >= 4 is 27.5 Å². The van der Waals surface area contributed by atoms with Crippen LogP contribution in [0.5, 0.6) is 0 Å². The van der Waals surface area contributed by atoms with Crippen LogP contribution in [0.25, 0.3) is 0 Å². The summed E-state index contributed by atoms with van der Waals surface area (Å²) in [7, 11) is -3.51. The fourth-order valence-corrected chi connectivity index (χ4v) is 5.13. The van der Waals surface area contributed by atoms with Crippen molar-refractivity contribution in [1.82, 2.24) is 10.2 Å². The Kier molecular flexibility index (Phi) is 10.8. The first-order valence-corrected chi connectivity index (χ1v) is 14.1. The lowest BCUT2D eigenvalue weighted by molar-refractivity contribution is -0.141. The lowest BCUT2D eigenvalue weighted by atomic mass is 10.1. The summed E-state index contributed by atoms with van der Waals surface area (Å²) in [5, 5.41) is 2.93. The Bertz CT molecular complexity index is 1070. The van der Waals surface area contributed by atoms with Gasteiger partial charge in [0, 0.05) is 25.6 Å². The van der Waals surface area contributed by atoms with E-state index in [-0.39, 0.29) is 30.8 Å². The lowest BCUT2D eigenvalue weighted by Crippen LogP contribution is -2.51. The average Bonchev–Trinajstić information content (AvgIpc) is 2.79. The molecule has 0 aliphatic heterocycles. The number of nitrogens with one attached hydrogen (secondary N) is 1. The van der Waals surface area contributed by atoms with E-state index in [0.717, 1.165) is 11.1 Å². The molecule has 0 unspecified atom stereocenters. The topological polar surface area (TPSA) is 86.8 Å². The van der Waals surface area contributed by atoms with E-state index in [1.165, 1.54) is 10.6 Å². The van der Waals surface area contributed by atoms with Gasteiger partial charge in [0.15, 0.2) is 0 Å². The number of anilines is 1. The lowest BCUT2D eigenvalue weighted by Gasteiger charge is -2.31. The van der Waals surface area contributed by atoms with Crippen LogP contribution in [0.1, 0.15) is 51.2 Å². The second kappa shape index (κ2) is 13.3. The maximum absolute atomic E-state index is 13.4. The van der Waals surface area contributed by atoms with Gasteiger partial charge >= 0.3 is 0 Å². The number of aryl methyl sites for hydroxylation is 1. The molecule has 2 aromatic carbocycles. The molecule has 0 aromatic heterocycles. The first kappa shape index (κ1) is 28.4. The van der Waals surface area contributed by atoms with Gasteiger partial charge in [0.05, 0.1) is 11.9 Å². The fraction of sp³-hybridized carbons (Fsp3) is 0.481. The smallest absolute Gasteiger partial charge is 0.242 e. The molecule has 0 saturated carbocycles. The molecule has 0 saturated heterocycles. The molecule has 0 radical (unpaired) electrons. The van der Waals surface area contributed by atoms with E-state index in [4.69, 9.17) is 0 Å². The third-order valence-corrected chi connectivity index (χ3v) is 7.02. The van der Waals surface area contributed by atoms with Gasteiger partial charge in [-0.3, -0.25) is 13.9 Å². The van der Waals surface area contributed by atoms with Crippen LogP contribution in [0, 0.1) is 6.92 Å². The summed E-state index contributed by atoms with van der Waals surface area (Å²) in [5.41, 5.74) is 2.56. The van der Waals surface area contributed by atoms with Crippen LogP contribution in [0.2, 0.25) is 0 Å². The molecule has 35 heavy (non-hydrogen) atoms. The van der Waals surface area contributed by atoms with Crippen LogP contribution < -0.4 is 9.62 Å². The molecule has 2 amide bonds. The maximum Gasteiger partial charge on any atom is 0.242 e. The van der Waals surface area contributed by atoms with E-state index >= 15 is 0 Å². The van der Waals surface area contributed by atoms with Gasteiger partial charge in [-0.1, -0.05) is 55.5 Å². The minimum absolute atomic E-state index is 0.0277. The quantitative estimate of drug-likeness (QED) is 0.451. The number of sulfonamides is 1. The van der Waals surface area contributed by atoms with Crippen LogP contribution in [0.15, 0.2) is 54.6 Å². The number of para-hydroxylation sites is 1. The zero-order valence-corrected chi connectivity index (χ0v) is 22.3. The molecule has 0 bridgehead atoms. The number of hydrogen-bond donors (Lipinski definition) is 1. The van der Waals surface area contributed by atoms with E-state index in [1.54, 1.807) is 17.0 Å². The van der Waals surface area contributed by atoms with Crippen molar-refractivity contribution in [3.05, 3.63) is 65.7 Å². The molecule has 2 aromatic rings. The van der Waals surface area contributed by atoms with Crippen molar-refractivity contribution in [2.24, 2.45) is 0 Å². The number of benzene rings is 2. The Morgan fingerprint density at radius 1 is 0.971 bits per heavy atom. The molecule has 2 rings (SSSR count). The number of nitrogens with zero attached hydrogens (tertiary/aromatic N) is 2. The number of carbonyl (C=O) groups is 2. The SMILES string of the molecule is CC[C@H](C(=O)NC(C)C)N(CCc1ccccc1)C(=O)CCCN(c1ccccc1C)S(C)(=O)=O. The summed E-state index contributed by atoms with van der Waals surface area (Å²) in [5.74, 6) is -0.313. The van der Waals surface area contributed by atoms with Crippen LogP contribution in [-0.4, -0.2) is 56.6 Å². The van der Waals surface area contributed by atoms with Gasteiger partial charge in [-0.2, -0.15) is 0 Å². The van der Waals surface area contributed by atoms with Gasteiger partial charge in [0.25, 0.3) is 0 Å². The zero-order chi connectivity index (χ0) is 26.0. The second-order valence-electron chi connectivity index (χ2n) is 9.14. The highest BCUT2D eigenvalue weighted by molar-refractivity contribution is 7.92. The van der Waals surface area contributed by atoms with Crippen molar-refractivity contribution in [3.8, 4) is 0 Å². The zero-order valence-electron chi connectivity index (χ0n) is 21.5. The molecular weight excluding hydrogens is 462 g/mol. The highest BCUT2D eigenvalue weighted by Gasteiger charge is 2.29. The predicted octanol–water partition coefficient (Wildman–Crippen LogP) is 3.92. The van der Waals surface area contributed by atoms with Crippen molar-refractivity contribution in [1.29, 1.82) is 0 Å². The third kappa shape index (κ3) is 8.69. The van der Waals surface area contributed by atoms with Gasteiger partial charge in [0.2, 0.25) is 21.8 Å². The van der Waals surface area contributed by atoms with E-state index in [1.807, 2.05) is 70.2 Å². The molecule has 7 nitrogen and oxygen atoms in total. The molecule has 0 heterocycles. The summed E-state index contributed by atoms with van der Waals surface area (Å²) >= 11 is 0. The monoisotopic (exact) mass is 501 g/mol. The number of rotatable bonds is 13. The van der Waals surface area contributed by atoms with E-state index in [2.05, 4.69) is 5.32 Å². The van der Waals surface area contributed by atoms with Crippen LogP contribution in [0.4, 0.5) is 5.69 Å². The summed E-state index contributed by atoms with van der Waals surface area (Å²) in [6.07, 6.45) is 2.81. The molecule has 0 aliphatic carbocycles. The number of amides is 2. The average molecular weight is 502 g/mol. The Hall–Kier alpha value is -2.87. The Labute approximate surface area is 210 Å². The number of carbonyl (C=O) groups excluding carboxylic acids is 2. The summed E-state index contributed by atoms with van der Waals surface area (Å²) in [4.78, 5) is 27.9. The second-order valence-corrected chi connectivity index (χ2v) is 11.0. The van der Waals surface area contributed by atoms with Gasteiger partial charge < -0.3 is 10.2 Å². The summed E-state index contributed by atoms with van der Waals surface area (Å²) in [6.45, 7) is 8.16. The van der Waals surface area contributed by atoms with E-state index in [9.17, 15) is 18.0 Å². The van der Waals surface area contributed by atoms with Crippen molar-refractivity contribution in [3.63, 3.8) is 0 Å². The maximum atomic E-state index is 13.4. The third-order valence-electron chi connectivity index (χ3n) is 5.84.